The first-order chi connectivity index (χ1) is 8.58. The fourth-order valence-electron chi connectivity index (χ4n) is 0.990. The van der Waals surface area contributed by atoms with Crippen LogP contribution in [0.4, 0.5) is 0 Å². The number of aliphatic hydroxyl groups excluding tert-OH is 1. The summed E-state index contributed by atoms with van der Waals surface area (Å²) in [5, 5.41) is 9.12. The van der Waals surface area contributed by atoms with Crippen molar-refractivity contribution < 1.29 is 28.9 Å². The second-order valence-corrected chi connectivity index (χ2v) is 3.24. The fraction of sp³-hybridized carbons (Fsp3) is 0.500. The Kier molecular flexibility index (Phi) is 8.51. The van der Waals surface area contributed by atoms with Crippen molar-refractivity contribution >= 4 is 11.9 Å². The number of ether oxygens (including phenoxy) is 3. The van der Waals surface area contributed by atoms with Crippen LogP contribution in [-0.2, 0) is 23.8 Å². The molecule has 0 aliphatic rings. The molecule has 0 amide bonds. The number of esters is 2. The first-order valence-electron chi connectivity index (χ1n) is 5.47. The van der Waals surface area contributed by atoms with Crippen molar-refractivity contribution in [1.82, 2.24) is 0 Å². The predicted octanol–water partition coefficient (Wildman–Crippen LogP) is 0.558. The van der Waals surface area contributed by atoms with Gasteiger partial charge in [0.25, 0.3) is 0 Å². The largest absolute Gasteiger partial charge is 0.450 e. The van der Waals surface area contributed by atoms with E-state index >= 15 is 0 Å². The van der Waals surface area contributed by atoms with Gasteiger partial charge in [0.1, 0.15) is 0 Å². The molecular weight excluding hydrogens is 240 g/mol. The van der Waals surface area contributed by atoms with Crippen molar-refractivity contribution in [3.05, 3.63) is 25.3 Å². The Labute approximate surface area is 106 Å². The lowest BCUT2D eigenvalue weighted by Crippen LogP contribution is -2.39. The molecule has 1 N–H and O–H groups in total. The van der Waals surface area contributed by atoms with Crippen molar-refractivity contribution in [2.45, 2.75) is 25.7 Å². The van der Waals surface area contributed by atoms with E-state index in [4.69, 9.17) is 19.3 Å². The molecule has 0 aromatic carbocycles. The molecular formula is C12H18O6. The van der Waals surface area contributed by atoms with Crippen LogP contribution < -0.4 is 0 Å². The van der Waals surface area contributed by atoms with Crippen LogP contribution in [-0.4, -0.2) is 42.7 Å². The van der Waals surface area contributed by atoms with Gasteiger partial charge in [0.2, 0.25) is 6.29 Å². The molecule has 0 saturated heterocycles. The summed E-state index contributed by atoms with van der Waals surface area (Å²) in [5.41, 5.74) is 0. The van der Waals surface area contributed by atoms with E-state index in [1.165, 1.54) is 0 Å². The molecule has 102 valence electrons. The van der Waals surface area contributed by atoms with Crippen molar-refractivity contribution in [3.8, 4) is 0 Å². The highest BCUT2D eigenvalue weighted by Gasteiger charge is 2.27. The maximum absolute atomic E-state index is 11.1. The van der Waals surface area contributed by atoms with E-state index in [0.717, 1.165) is 12.2 Å². The lowest BCUT2D eigenvalue weighted by molar-refractivity contribution is -0.212. The molecule has 0 radical (unpaired) electrons. The molecule has 2 unspecified atom stereocenters. The molecule has 6 heteroatoms. The Bertz CT molecular complexity index is 299. The molecule has 0 aliphatic carbocycles. The summed E-state index contributed by atoms with van der Waals surface area (Å²) in [4.78, 5) is 22.1. The minimum atomic E-state index is -1.18. The molecule has 0 rings (SSSR count). The quantitative estimate of drug-likeness (QED) is 0.369. The molecule has 6 nitrogen and oxygen atoms in total. The topological polar surface area (TPSA) is 82.1 Å². The average Bonchev–Trinajstić information content (AvgIpc) is 2.40. The number of hydrogen-bond donors (Lipinski definition) is 1. The van der Waals surface area contributed by atoms with Crippen molar-refractivity contribution in [3.63, 3.8) is 0 Å². The van der Waals surface area contributed by atoms with Gasteiger partial charge in [-0.25, -0.2) is 9.59 Å². The summed E-state index contributed by atoms with van der Waals surface area (Å²) in [5.74, 6) is -1.47. The highest BCUT2D eigenvalue weighted by atomic mass is 16.7. The number of rotatable bonds is 9. The number of carbonyl (C=O) groups is 2. The molecule has 0 spiro atoms. The minimum absolute atomic E-state index is 0.289. The van der Waals surface area contributed by atoms with Gasteiger partial charge in [0.05, 0.1) is 13.2 Å². The second-order valence-electron chi connectivity index (χ2n) is 3.24. The maximum Gasteiger partial charge on any atom is 0.332 e. The molecule has 0 saturated carbocycles. The zero-order chi connectivity index (χ0) is 14.0. The van der Waals surface area contributed by atoms with Crippen LogP contribution in [0.15, 0.2) is 25.3 Å². The summed E-state index contributed by atoms with van der Waals surface area (Å²) >= 11 is 0. The summed E-state index contributed by atoms with van der Waals surface area (Å²) in [6, 6.07) is 0. The van der Waals surface area contributed by atoms with Crippen LogP contribution >= 0.6 is 0 Å². The number of aliphatic hydroxyl groups is 1. The van der Waals surface area contributed by atoms with Crippen LogP contribution in [0.5, 0.6) is 0 Å². The third-order valence-corrected chi connectivity index (χ3v) is 1.80. The highest BCUT2D eigenvalue weighted by Crippen LogP contribution is 2.08. The number of carbonyl (C=O) groups excluding carboxylic acids is 2. The Hall–Kier alpha value is -1.66. The van der Waals surface area contributed by atoms with Gasteiger partial charge in [-0.05, 0) is 6.42 Å². The van der Waals surface area contributed by atoms with Crippen LogP contribution in [0.1, 0.15) is 13.3 Å². The van der Waals surface area contributed by atoms with Gasteiger partial charge in [-0.1, -0.05) is 20.1 Å². The minimum Gasteiger partial charge on any atom is -0.450 e. The lowest BCUT2D eigenvalue weighted by atomic mass is 10.3. The average molecular weight is 258 g/mol. The first-order valence-corrected chi connectivity index (χ1v) is 5.47. The summed E-state index contributed by atoms with van der Waals surface area (Å²) in [6.45, 7) is 8.07. The summed E-state index contributed by atoms with van der Waals surface area (Å²) in [7, 11) is 0. The van der Waals surface area contributed by atoms with Crippen LogP contribution in [0.2, 0.25) is 0 Å². The molecule has 0 heterocycles. The van der Waals surface area contributed by atoms with Crippen LogP contribution in [0.25, 0.3) is 0 Å². The third kappa shape index (κ3) is 6.17. The monoisotopic (exact) mass is 258 g/mol. The van der Waals surface area contributed by atoms with E-state index in [2.05, 4.69) is 13.2 Å². The van der Waals surface area contributed by atoms with E-state index in [9.17, 15) is 9.59 Å². The van der Waals surface area contributed by atoms with Gasteiger partial charge in [-0.2, -0.15) is 0 Å². The maximum atomic E-state index is 11.1. The molecule has 0 aromatic rings. The Morgan fingerprint density at radius 1 is 1.22 bits per heavy atom. The van der Waals surface area contributed by atoms with Gasteiger partial charge >= 0.3 is 11.9 Å². The molecule has 0 fully saturated rings. The zero-order valence-corrected chi connectivity index (χ0v) is 10.3. The Morgan fingerprint density at radius 2 is 1.78 bits per heavy atom. The van der Waals surface area contributed by atoms with Gasteiger partial charge in [-0.3, -0.25) is 0 Å². The van der Waals surface area contributed by atoms with E-state index in [1.807, 2.05) is 6.92 Å². The molecule has 0 aliphatic heterocycles. The Balaban J connectivity index is 4.64. The molecule has 0 aromatic heterocycles. The zero-order valence-electron chi connectivity index (χ0n) is 10.3. The van der Waals surface area contributed by atoms with Crippen molar-refractivity contribution in [1.29, 1.82) is 0 Å². The van der Waals surface area contributed by atoms with E-state index in [-0.39, 0.29) is 6.61 Å². The lowest BCUT2D eigenvalue weighted by Gasteiger charge is -2.24. The van der Waals surface area contributed by atoms with Gasteiger partial charge in [0, 0.05) is 12.2 Å². The predicted molar refractivity (Wildman–Crippen MR) is 63.5 cm³/mol. The third-order valence-electron chi connectivity index (χ3n) is 1.80. The smallest absolute Gasteiger partial charge is 0.332 e. The van der Waals surface area contributed by atoms with Crippen LogP contribution in [0, 0.1) is 0 Å². The Morgan fingerprint density at radius 3 is 2.22 bits per heavy atom. The fourth-order valence-corrected chi connectivity index (χ4v) is 0.990. The van der Waals surface area contributed by atoms with Crippen molar-refractivity contribution in [2.24, 2.45) is 0 Å². The highest BCUT2D eigenvalue weighted by molar-refractivity contribution is 5.82. The number of hydrogen-bond acceptors (Lipinski definition) is 6. The molecule has 18 heavy (non-hydrogen) atoms. The molecule has 2 atom stereocenters. The standard InChI is InChI=1S/C12H18O6/c1-4-7-16-12(18-11(15)6-3)9(8-13)17-10(14)5-2/h5-6,9,12-13H,2-4,7-8H2,1H3. The van der Waals surface area contributed by atoms with Crippen molar-refractivity contribution in [2.75, 3.05) is 13.2 Å². The molecule has 0 bridgehead atoms. The SMILES string of the molecule is C=CC(=O)OC(CO)C(OCCC)OC(=O)C=C. The second kappa shape index (κ2) is 9.38. The summed E-state index contributed by atoms with van der Waals surface area (Å²) in [6.07, 6.45) is 0.284. The van der Waals surface area contributed by atoms with Crippen LogP contribution in [0.3, 0.4) is 0 Å². The van der Waals surface area contributed by atoms with Gasteiger partial charge < -0.3 is 19.3 Å². The normalized spacial score (nSPS) is 13.2. The van der Waals surface area contributed by atoms with E-state index in [1.54, 1.807) is 0 Å². The van der Waals surface area contributed by atoms with Gasteiger partial charge in [-0.15, -0.1) is 0 Å². The first kappa shape index (κ1) is 16.3. The van der Waals surface area contributed by atoms with E-state index in [0.29, 0.717) is 6.42 Å². The van der Waals surface area contributed by atoms with E-state index < -0.39 is 30.9 Å². The van der Waals surface area contributed by atoms with Gasteiger partial charge in [0.15, 0.2) is 6.10 Å². The summed E-state index contributed by atoms with van der Waals surface area (Å²) < 4.78 is 14.9.